The van der Waals surface area contributed by atoms with Gasteiger partial charge in [-0.15, -0.1) is 0 Å². The quantitative estimate of drug-likeness (QED) is 0.758. The van der Waals surface area contributed by atoms with E-state index in [0.29, 0.717) is 17.2 Å². The van der Waals surface area contributed by atoms with Crippen LogP contribution < -0.4 is 5.32 Å². The number of rotatable bonds is 5. The zero-order valence-electron chi connectivity index (χ0n) is 17.5. The molecule has 0 bridgehead atoms. The van der Waals surface area contributed by atoms with Crippen LogP contribution in [0.3, 0.4) is 0 Å². The summed E-state index contributed by atoms with van der Waals surface area (Å²) in [6.07, 6.45) is -0.549. The molecule has 5 nitrogen and oxygen atoms in total. The van der Waals surface area contributed by atoms with E-state index in [1.807, 2.05) is 54.6 Å². The Morgan fingerprint density at radius 2 is 1.50 bits per heavy atom. The van der Waals surface area contributed by atoms with Crippen molar-refractivity contribution in [3.8, 4) is 0 Å². The molecule has 0 saturated carbocycles. The van der Waals surface area contributed by atoms with E-state index in [1.165, 1.54) is 10.5 Å². The first-order valence-corrected chi connectivity index (χ1v) is 9.50. The van der Waals surface area contributed by atoms with Gasteiger partial charge in [-0.2, -0.15) is 0 Å². The molecule has 0 unspecified atom stereocenters. The highest BCUT2D eigenvalue weighted by Gasteiger charge is 2.31. The second kappa shape index (κ2) is 8.91. The SMILES string of the molecule is CC(C)c1ccc(NC(=O)[C@H](c2ccccc2)N(C)C(=O)OC(C)(C)C)cc1. The van der Waals surface area contributed by atoms with E-state index in [0.717, 1.165) is 0 Å². The van der Waals surface area contributed by atoms with Gasteiger partial charge in [-0.05, 0) is 49.9 Å². The van der Waals surface area contributed by atoms with Crippen LogP contribution in [0.1, 0.15) is 57.7 Å². The van der Waals surface area contributed by atoms with E-state index in [-0.39, 0.29) is 5.91 Å². The van der Waals surface area contributed by atoms with Gasteiger partial charge >= 0.3 is 6.09 Å². The lowest BCUT2D eigenvalue weighted by atomic mass is 10.0. The average Bonchev–Trinajstić information content (AvgIpc) is 2.61. The Morgan fingerprint density at radius 3 is 2.00 bits per heavy atom. The largest absolute Gasteiger partial charge is 0.444 e. The van der Waals surface area contributed by atoms with Gasteiger partial charge in [0, 0.05) is 12.7 Å². The van der Waals surface area contributed by atoms with E-state index in [9.17, 15) is 9.59 Å². The van der Waals surface area contributed by atoms with Crippen molar-refractivity contribution in [1.29, 1.82) is 0 Å². The molecular formula is C23H30N2O3. The number of ether oxygens (including phenoxy) is 1. The standard InChI is InChI=1S/C23H30N2O3/c1-16(2)17-12-14-19(15-13-17)24-21(26)20(18-10-8-7-9-11-18)25(6)22(27)28-23(3,4)5/h7-16,20H,1-6H3,(H,24,26)/t20-/m0/s1. The minimum absolute atomic E-state index is 0.295. The van der Waals surface area contributed by atoms with Crippen LogP contribution in [0.15, 0.2) is 54.6 Å². The third-order valence-corrected chi connectivity index (χ3v) is 4.28. The van der Waals surface area contributed by atoms with Gasteiger partial charge in [0.2, 0.25) is 0 Å². The number of amides is 2. The predicted octanol–water partition coefficient (Wildman–Crippen LogP) is 5.36. The van der Waals surface area contributed by atoms with Crippen molar-refractivity contribution in [2.24, 2.45) is 0 Å². The summed E-state index contributed by atoms with van der Waals surface area (Å²) in [5.41, 5.74) is 1.96. The fraction of sp³-hybridized carbons (Fsp3) is 0.391. The number of carbonyl (C=O) groups excluding carboxylic acids is 2. The lowest BCUT2D eigenvalue weighted by Gasteiger charge is -2.30. The summed E-state index contributed by atoms with van der Waals surface area (Å²) < 4.78 is 5.45. The predicted molar refractivity (Wildman–Crippen MR) is 112 cm³/mol. The van der Waals surface area contributed by atoms with Gasteiger partial charge in [0.15, 0.2) is 0 Å². The molecule has 5 heteroatoms. The summed E-state index contributed by atoms with van der Waals surface area (Å²) in [4.78, 5) is 27.0. The number of carbonyl (C=O) groups is 2. The Hall–Kier alpha value is -2.82. The van der Waals surface area contributed by atoms with Crippen molar-refractivity contribution < 1.29 is 14.3 Å². The van der Waals surface area contributed by atoms with Crippen LogP contribution in [-0.4, -0.2) is 29.5 Å². The summed E-state index contributed by atoms with van der Waals surface area (Å²) >= 11 is 0. The van der Waals surface area contributed by atoms with Gasteiger partial charge in [-0.25, -0.2) is 4.79 Å². The van der Waals surface area contributed by atoms with Crippen LogP contribution in [0.25, 0.3) is 0 Å². The first kappa shape index (κ1) is 21.5. The molecule has 0 saturated heterocycles. The zero-order valence-corrected chi connectivity index (χ0v) is 17.5. The molecule has 0 aromatic heterocycles. The molecule has 150 valence electrons. The van der Waals surface area contributed by atoms with E-state index in [2.05, 4.69) is 19.2 Å². The van der Waals surface area contributed by atoms with Gasteiger partial charge in [-0.3, -0.25) is 9.69 Å². The minimum Gasteiger partial charge on any atom is -0.444 e. The topological polar surface area (TPSA) is 58.6 Å². The van der Waals surface area contributed by atoms with E-state index >= 15 is 0 Å². The van der Waals surface area contributed by atoms with Crippen LogP contribution in [0, 0.1) is 0 Å². The Bertz CT molecular complexity index is 793. The van der Waals surface area contributed by atoms with Gasteiger partial charge in [0.1, 0.15) is 11.6 Å². The molecule has 0 spiro atoms. The smallest absolute Gasteiger partial charge is 0.410 e. The van der Waals surface area contributed by atoms with Crippen molar-refractivity contribution in [2.45, 2.75) is 52.2 Å². The summed E-state index contributed by atoms with van der Waals surface area (Å²) in [5.74, 6) is 0.122. The van der Waals surface area contributed by atoms with Gasteiger partial charge in [0.25, 0.3) is 5.91 Å². The monoisotopic (exact) mass is 382 g/mol. The number of hydrogen-bond donors (Lipinski definition) is 1. The second-order valence-electron chi connectivity index (χ2n) is 8.17. The highest BCUT2D eigenvalue weighted by Crippen LogP contribution is 2.24. The average molecular weight is 383 g/mol. The van der Waals surface area contributed by atoms with Crippen molar-refractivity contribution in [1.82, 2.24) is 4.90 Å². The zero-order chi connectivity index (χ0) is 20.9. The molecule has 0 radical (unpaired) electrons. The maximum Gasteiger partial charge on any atom is 0.410 e. The molecule has 1 N–H and O–H groups in total. The number of anilines is 1. The van der Waals surface area contributed by atoms with Crippen LogP contribution >= 0.6 is 0 Å². The highest BCUT2D eigenvalue weighted by molar-refractivity contribution is 5.97. The van der Waals surface area contributed by atoms with Gasteiger partial charge in [0.05, 0.1) is 0 Å². The van der Waals surface area contributed by atoms with Gasteiger partial charge < -0.3 is 10.1 Å². The normalized spacial score (nSPS) is 12.4. The van der Waals surface area contributed by atoms with Crippen LogP contribution in [0.2, 0.25) is 0 Å². The summed E-state index contributed by atoms with van der Waals surface area (Å²) in [5, 5.41) is 2.92. The number of hydrogen-bond acceptors (Lipinski definition) is 3. The van der Waals surface area contributed by atoms with Crippen molar-refractivity contribution in [2.75, 3.05) is 12.4 Å². The molecule has 0 heterocycles. The number of nitrogens with zero attached hydrogens (tertiary/aromatic N) is 1. The molecule has 2 amide bonds. The summed E-state index contributed by atoms with van der Waals surface area (Å²) in [7, 11) is 1.58. The van der Waals surface area contributed by atoms with Crippen molar-refractivity contribution in [3.05, 3.63) is 65.7 Å². The molecular weight excluding hydrogens is 352 g/mol. The minimum atomic E-state index is -0.805. The molecule has 1 atom stereocenters. The fourth-order valence-electron chi connectivity index (χ4n) is 2.79. The Morgan fingerprint density at radius 1 is 0.929 bits per heavy atom. The Kier molecular flexibility index (Phi) is 6.84. The van der Waals surface area contributed by atoms with Crippen molar-refractivity contribution in [3.63, 3.8) is 0 Å². The summed E-state index contributed by atoms with van der Waals surface area (Å²) in [6, 6.07) is 16.2. The van der Waals surface area contributed by atoms with Gasteiger partial charge in [-0.1, -0.05) is 56.3 Å². The molecule has 2 aromatic rings. The van der Waals surface area contributed by atoms with E-state index in [1.54, 1.807) is 27.8 Å². The summed E-state index contributed by atoms with van der Waals surface area (Å²) in [6.45, 7) is 9.63. The third-order valence-electron chi connectivity index (χ3n) is 4.28. The second-order valence-corrected chi connectivity index (χ2v) is 8.17. The fourth-order valence-corrected chi connectivity index (χ4v) is 2.79. The lowest BCUT2D eigenvalue weighted by Crippen LogP contribution is -2.41. The van der Waals surface area contributed by atoms with E-state index in [4.69, 9.17) is 4.74 Å². The van der Waals surface area contributed by atoms with E-state index < -0.39 is 17.7 Å². The highest BCUT2D eigenvalue weighted by atomic mass is 16.6. The molecule has 28 heavy (non-hydrogen) atoms. The maximum atomic E-state index is 13.1. The third kappa shape index (κ3) is 5.84. The molecule has 0 aliphatic carbocycles. The maximum absolute atomic E-state index is 13.1. The molecule has 2 rings (SSSR count). The molecule has 0 aliphatic rings. The first-order chi connectivity index (χ1) is 13.1. The number of benzene rings is 2. The number of nitrogens with one attached hydrogen (secondary N) is 1. The molecule has 0 aliphatic heterocycles. The lowest BCUT2D eigenvalue weighted by molar-refractivity contribution is -0.121. The molecule has 0 fully saturated rings. The van der Waals surface area contributed by atoms with Crippen LogP contribution in [0.4, 0.5) is 10.5 Å². The van der Waals surface area contributed by atoms with Crippen molar-refractivity contribution >= 4 is 17.7 Å². The molecule has 2 aromatic carbocycles. The number of likely N-dealkylation sites (N-methyl/N-ethyl adjacent to an activating group) is 1. The first-order valence-electron chi connectivity index (χ1n) is 9.50. The van der Waals surface area contributed by atoms with Crippen LogP contribution in [-0.2, 0) is 9.53 Å². The Labute approximate surface area is 167 Å². The Balaban J connectivity index is 2.26. The van der Waals surface area contributed by atoms with Crippen LogP contribution in [0.5, 0.6) is 0 Å².